The molecule has 0 aromatic carbocycles. The van der Waals surface area contributed by atoms with Gasteiger partial charge in [-0.2, -0.15) is 0 Å². The molecule has 0 spiro atoms. The van der Waals surface area contributed by atoms with Crippen molar-refractivity contribution in [2.45, 2.75) is 259 Å². The second kappa shape index (κ2) is 56.0. The van der Waals surface area contributed by atoms with E-state index in [1.165, 1.54) is 225 Å². The Bertz CT molecular complexity index is 475. The molecule has 5 heteroatoms. The zero-order valence-corrected chi connectivity index (χ0v) is 37.4. The second-order valence-electron chi connectivity index (χ2n) is 14.9. The van der Waals surface area contributed by atoms with Gasteiger partial charge in [-0.15, -0.1) is 13.1 Å². The third-order valence-electron chi connectivity index (χ3n) is 10.1. The van der Waals surface area contributed by atoms with Crippen molar-refractivity contribution in [3.8, 4) is 0 Å². The third kappa shape index (κ3) is 58.7. The molecule has 0 bridgehead atoms. The summed E-state index contributed by atoms with van der Waals surface area (Å²) in [4.78, 5) is 0. The van der Waals surface area contributed by atoms with Gasteiger partial charge in [-0.1, -0.05) is 252 Å². The molecular weight excluding hydrogens is 677 g/mol. The van der Waals surface area contributed by atoms with Gasteiger partial charge < -0.3 is 10.4 Å². The molecule has 1 atom stereocenters. The molecule has 298 valence electrons. The van der Waals surface area contributed by atoms with Crippen LogP contribution in [0.25, 0.3) is 5.32 Å². The Morgan fingerprint density at radius 2 is 0.612 bits per heavy atom. The van der Waals surface area contributed by atoms with E-state index in [1.807, 2.05) is 0 Å². The third-order valence-corrected chi connectivity index (χ3v) is 10.1. The number of nitrogens with zero attached hydrogens (tertiary/aromatic N) is 1. The molecular formula is C44H92Cl2NOTi-. The first-order valence-electron chi connectivity index (χ1n) is 22.4. The van der Waals surface area contributed by atoms with Crippen LogP contribution >= 0.6 is 18.6 Å². The van der Waals surface area contributed by atoms with Crippen LogP contribution in [0, 0.1) is 5.92 Å². The fourth-order valence-electron chi connectivity index (χ4n) is 6.57. The standard InChI is InChI=1S/C36H74N.C8H18O.2ClH.Ti/c1-3-5-7-9-11-13-15-17-19-21-23-25-27-29-31-33-35-37-36-34-32-30-28-26-24-22-20-18-16-14-12-10-8-6-4-2;1-3-5-6-8(4-2)7-9;;;/h3-36H2,1-2H3;8-9H,3-7H2,1-2H3;2*1H;/q-1;;;;+2/p-2. The first-order chi connectivity index (χ1) is 24.2. The summed E-state index contributed by atoms with van der Waals surface area (Å²) in [5.74, 6) is 0.560. The van der Waals surface area contributed by atoms with Crippen LogP contribution in [0.2, 0.25) is 0 Å². The van der Waals surface area contributed by atoms with Gasteiger partial charge in [0.05, 0.1) is 0 Å². The molecule has 0 radical (unpaired) electrons. The summed E-state index contributed by atoms with van der Waals surface area (Å²) in [6.45, 7) is 11.5. The van der Waals surface area contributed by atoms with Gasteiger partial charge in [0.2, 0.25) is 0 Å². The monoisotopic (exact) mass is 769 g/mol. The van der Waals surface area contributed by atoms with Crippen LogP contribution in [0.3, 0.4) is 0 Å². The summed E-state index contributed by atoms with van der Waals surface area (Å²) in [5, 5.41) is 13.5. The number of hydrogen-bond donors (Lipinski definition) is 1. The molecule has 1 unspecified atom stereocenters. The summed E-state index contributed by atoms with van der Waals surface area (Å²) in [6, 6.07) is 0. The quantitative estimate of drug-likeness (QED) is 0.0490. The Morgan fingerprint density at radius 3 is 0.816 bits per heavy atom. The minimum absolute atomic E-state index is 0.372. The van der Waals surface area contributed by atoms with Crippen molar-refractivity contribution in [3.63, 3.8) is 0 Å². The van der Waals surface area contributed by atoms with Crippen molar-refractivity contribution in [2.24, 2.45) is 5.92 Å². The summed E-state index contributed by atoms with van der Waals surface area (Å²) in [7, 11) is 9.78. The zero-order chi connectivity index (χ0) is 36.6. The van der Waals surface area contributed by atoms with Crippen LogP contribution in [0.5, 0.6) is 0 Å². The summed E-state index contributed by atoms with van der Waals surface area (Å²) in [5.41, 5.74) is 0. The van der Waals surface area contributed by atoms with Gasteiger partial charge in [-0.05, 0) is 12.3 Å². The zero-order valence-electron chi connectivity index (χ0n) is 34.3. The van der Waals surface area contributed by atoms with E-state index in [0.717, 1.165) is 19.5 Å². The van der Waals surface area contributed by atoms with E-state index in [9.17, 15) is 0 Å². The number of aliphatic hydroxyl groups is 1. The molecule has 49 heavy (non-hydrogen) atoms. The molecule has 0 saturated carbocycles. The fraction of sp³-hybridized carbons (Fsp3) is 1.00. The van der Waals surface area contributed by atoms with Crippen LogP contribution < -0.4 is 0 Å². The first-order valence-corrected chi connectivity index (χ1v) is 26.7. The molecule has 0 aliphatic heterocycles. The number of unbranched alkanes of at least 4 members (excludes halogenated alkanes) is 31. The minimum atomic E-state index is -0.556. The Labute approximate surface area is 328 Å². The average molecular weight is 770 g/mol. The van der Waals surface area contributed by atoms with Crippen LogP contribution in [0.15, 0.2) is 0 Å². The number of aliphatic hydroxyl groups excluding tert-OH is 1. The predicted octanol–water partition coefficient (Wildman–Crippen LogP) is 17.5. The number of halogens is 2. The summed E-state index contributed by atoms with van der Waals surface area (Å²) < 4.78 is 0. The van der Waals surface area contributed by atoms with Crippen molar-refractivity contribution < 1.29 is 22.1 Å². The van der Waals surface area contributed by atoms with E-state index in [0.29, 0.717) is 12.5 Å². The predicted molar refractivity (Wildman–Crippen MR) is 224 cm³/mol. The van der Waals surface area contributed by atoms with Crippen molar-refractivity contribution >= 4 is 18.6 Å². The normalized spacial score (nSPS) is 11.5. The average Bonchev–Trinajstić information content (AvgIpc) is 3.11. The number of rotatable bonds is 39. The van der Waals surface area contributed by atoms with Gasteiger partial charge in [-0.3, -0.25) is 0 Å². The van der Waals surface area contributed by atoms with Gasteiger partial charge >= 0.3 is 35.6 Å². The Kier molecular flexibility index (Phi) is 62.3. The molecule has 1 N–H and O–H groups in total. The Morgan fingerprint density at radius 1 is 0.388 bits per heavy atom. The Balaban J connectivity index is -0.00000149. The van der Waals surface area contributed by atoms with E-state index in [4.69, 9.17) is 29.0 Å². The van der Waals surface area contributed by atoms with E-state index in [1.54, 1.807) is 0 Å². The molecule has 2 nitrogen and oxygen atoms in total. The number of hydrogen-bond acceptors (Lipinski definition) is 1. The van der Waals surface area contributed by atoms with E-state index in [-0.39, 0.29) is 0 Å². The van der Waals surface area contributed by atoms with Crippen molar-refractivity contribution in [3.05, 3.63) is 5.32 Å². The maximum absolute atomic E-state index is 8.75. The molecule has 0 amide bonds. The van der Waals surface area contributed by atoms with Gasteiger partial charge in [0, 0.05) is 6.61 Å². The van der Waals surface area contributed by atoms with Crippen LogP contribution in [0.4, 0.5) is 0 Å². The molecule has 0 aliphatic rings. The second-order valence-corrected chi connectivity index (χ2v) is 17.5. The summed E-state index contributed by atoms with van der Waals surface area (Å²) >= 11 is -0.556. The van der Waals surface area contributed by atoms with Crippen molar-refractivity contribution in [1.29, 1.82) is 0 Å². The van der Waals surface area contributed by atoms with Crippen molar-refractivity contribution in [2.75, 3.05) is 19.7 Å². The SMILES string of the molecule is CCCCC(CC)CO.CCCCCCCCCCCCCCCCCC[N-]CCCCCCCCCCCCCCCCCC.[Cl][Ti][Cl]. The molecule has 0 aromatic heterocycles. The maximum atomic E-state index is 8.75. The van der Waals surface area contributed by atoms with Crippen LogP contribution in [-0.2, 0) is 17.0 Å². The molecule has 0 rings (SSSR count). The van der Waals surface area contributed by atoms with Gasteiger partial charge in [0.15, 0.2) is 0 Å². The molecule has 0 heterocycles. The van der Waals surface area contributed by atoms with E-state index >= 15 is 0 Å². The molecule has 0 fully saturated rings. The molecule has 0 aromatic rings. The molecule has 0 aliphatic carbocycles. The van der Waals surface area contributed by atoms with E-state index in [2.05, 4.69) is 27.7 Å². The van der Waals surface area contributed by atoms with Crippen LogP contribution in [0.1, 0.15) is 259 Å². The summed E-state index contributed by atoms with van der Waals surface area (Å²) in [6.07, 6.45) is 51.2. The van der Waals surface area contributed by atoms with Crippen molar-refractivity contribution in [1.82, 2.24) is 0 Å². The first kappa shape index (κ1) is 54.6. The topological polar surface area (TPSA) is 34.3 Å². The Hall–Kier alpha value is 1.21. The van der Waals surface area contributed by atoms with Gasteiger partial charge in [-0.25, -0.2) is 0 Å². The van der Waals surface area contributed by atoms with Gasteiger partial charge in [0.1, 0.15) is 0 Å². The fourth-order valence-corrected chi connectivity index (χ4v) is 6.57. The molecule has 0 saturated heterocycles. The van der Waals surface area contributed by atoms with E-state index < -0.39 is 17.0 Å². The van der Waals surface area contributed by atoms with Gasteiger partial charge in [0.25, 0.3) is 0 Å². The van der Waals surface area contributed by atoms with Crippen LogP contribution in [-0.4, -0.2) is 24.8 Å².